The third-order valence-corrected chi connectivity index (χ3v) is 5.48. The Morgan fingerprint density at radius 3 is 1.56 bits per heavy atom. The molecule has 0 bridgehead atoms. The van der Waals surface area contributed by atoms with Crippen LogP contribution in [-0.2, 0) is 41.6 Å². The summed E-state index contributed by atoms with van der Waals surface area (Å²) < 4.78 is 14.8. The number of ether oxygens (including phenoxy) is 3. The van der Waals surface area contributed by atoms with Crippen molar-refractivity contribution in [2.75, 3.05) is 39.4 Å². The summed E-state index contributed by atoms with van der Waals surface area (Å²) in [4.78, 5) is 33.0. The highest BCUT2D eigenvalue weighted by molar-refractivity contribution is 9.09. The standard InChI is InChI=1S/C16H22BrNO4.C14H19NO4/c1-3-9-22-18-14(12-16(19)20-2)11-13-4-6-15(7-5-13)21-10-8-17;1-3-8-19-15-12(10-14(17)18-2)9-11-4-6-13(16)7-5-11/h4-7H,3,8-12H2,1-2H3;4-7,16H,3,8-10H2,1-2H3. The molecule has 41 heavy (non-hydrogen) atoms. The van der Waals surface area contributed by atoms with E-state index in [4.69, 9.17) is 14.4 Å². The first kappa shape index (κ1) is 35.4. The molecule has 0 aliphatic rings. The number of halogens is 1. The fourth-order valence-corrected chi connectivity index (χ4v) is 3.29. The summed E-state index contributed by atoms with van der Waals surface area (Å²) in [6.07, 6.45) is 2.97. The molecule has 0 atom stereocenters. The highest BCUT2D eigenvalue weighted by Crippen LogP contribution is 2.14. The monoisotopic (exact) mass is 636 g/mol. The number of rotatable bonds is 17. The average molecular weight is 638 g/mol. The molecule has 226 valence electrons. The summed E-state index contributed by atoms with van der Waals surface area (Å²) in [6, 6.07) is 14.5. The second kappa shape index (κ2) is 22.1. The summed E-state index contributed by atoms with van der Waals surface area (Å²) in [7, 11) is 2.70. The van der Waals surface area contributed by atoms with Gasteiger partial charge < -0.3 is 29.0 Å². The third kappa shape index (κ3) is 17.0. The van der Waals surface area contributed by atoms with E-state index in [1.165, 1.54) is 14.2 Å². The number of phenols is 1. The number of hydrogen-bond acceptors (Lipinski definition) is 10. The summed E-state index contributed by atoms with van der Waals surface area (Å²) in [5.74, 6) is 0.350. The van der Waals surface area contributed by atoms with E-state index in [9.17, 15) is 14.7 Å². The summed E-state index contributed by atoms with van der Waals surface area (Å²) in [6.45, 7) is 5.65. The van der Waals surface area contributed by atoms with Gasteiger partial charge in [0.25, 0.3) is 0 Å². The Kier molecular flexibility index (Phi) is 19.1. The molecule has 0 fully saturated rings. The van der Waals surface area contributed by atoms with E-state index >= 15 is 0 Å². The number of carbonyl (C=O) groups excluding carboxylic acids is 2. The predicted molar refractivity (Wildman–Crippen MR) is 162 cm³/mol. The zero-order valence-corrected chi connectivity index (χ0v) is 25.9. The second-order valence-corrected chi connectivity index (χ2v) is 9.48. The minimum Gasteiger partial charge on any atom is -0.508 e. The van der Waals surface area contributed by atoms with E-state index < -0.39 is 0 Å². The molecule has 0 heterocycles. The normalized spacial score (nSPS) is 11.1. The van der Waals surface area contributed by atoms with Gasteiger partial charge in [0.15, 0.2) is 0 Å². The first-order valence-corrected chi connectivity index (χ1v) is 14.5. The van der Waals surface area contributed by atoms with Crippen molar-refractivity contribution in [2.24, 2.45) is 10.3 Å². The molecule has 0 saturated carbocycles. The fraction of sp³-hybridized carbons (Fsp3) is 0.467. The number of benzene rings is 2. The van der Waals surface area contributed by atoms with Crippen molar-refractivity contribution in [1.29, 1.82) is 0 Å². The number of phenolic OH excluding ortho intramolecular Hbond substituents is 1. The Morgan fingerprint density at radius 2 is 1.17 bits per heavy atom. The Morgan fingerprint density at radius 1 is 0.732 bits per heavy atom. The van der Waals surface area contributed by atoms with Crippen molar-refractivity contribution >= 4 is 39.3 Å². The topological polar surface area (TPSA) is 125 Å². The number of alkyl halides is 1. The fourth-order valence-electron chi connectivity index (χ4n) is 3.13. The smallest absolute Gasteiger partial charge is 0.311 e. The lowest BCUT2D eigenvalue weighted by Crippen LogP contribution is -2.13. The molecule has 0 aromatic heterocycles. The van der Waals surface area contributed by atoms with Crippen LogP contribution in [0.2, 0.25) is 0 Å². The van der Waals surface area contributed by atoms with Gasteiger partial charge in [0.05, 0.1) is 45.1 Å². The SMILES string of the molecule is CCCON=C(CC(=O)OC)Cc1ccc(O)cc1.CCCON=C(CC(=O)OC)Cc1ccc(OCCBr)cc1. The van der Waals surface area contributed by atoms with Gasteiger partial charge >= 0.3 is 11.9 Å². The molecule has 0 radical (unpaired) electrons. The van der Waals surface area contributed by atoms with Crippen LogP contribution in [0, 0.1) is 0 Å². The molecule has 0 saturated heterocycles. The van der Waals surface area contributed by atoms with Crippen LogP contribution < -0.4 is 4.74 Å². The van der Waals surface area contributed by atoms with Crippen LogP contribution in [0.5, 0.6) is 11.5 Å². The van der Waals surface area contributed by atoms with Crippen LogP contribution in [-0.4, -0.2) is 67.8 Å². The molecule has 0 aliphatic carbocycles. The van der Waals surface area contributed by atoms with Crippen LogP contribution in [0.3, 0.4) is 0 Å². The van der Waals surface area contributed by atoms with Gasteiger partial charge in [-0.3, -0.25) is 9.59 Å². The lowest BCUT2D eigenvalue weighted by molar-refractivity contribution is -0.140. The number of nitrogens with zero attached hydrogens (tertiary/aromatic N) is 2. The molecule has 2 aromatic rings. The van der Waals surface area contributed by atoms with Crippen molar-refractivity contribution in [3.8, 4) is 11.5 Å². The van der Waals surface area contributed by atoms with E-state index in [1.807, 2.05) is 38.1 Å². The summed E-state index contributed by atoms with van der Waals surface area (Å²) in [5, 5.41) is 18.0. The Hall–Kier alpha value is -3.60. The average Bonchev–Trinajstić information content (AvgIpc) is 2.98. The van der Waals surface area contributed by atoms with Crippen LogP contribution >= 0.6 is 15.9 Å². The van der Waals surface area contributed by atoms with Gasteiger partial charge in [0, 0.05) is 18.2 Å². The van der Waals surface area contributed by atoms with E-state index in [0.717, 1.165) is 35.0 Å². The lowest BCUT2D eigenvalue weighted by atomic mass is 10.1. The number of methoxy groups -OCH3 is 2. The van der Waals surface area contributed by atoms with Gasteiger partial charge in [-0.2, -0.15) is 0 Å². The molecule has 0 spiro atoms. The van der Waals surface area contributed by atoms with Gasteiger partial charge in [0.2, 0.25) is 0 Å². The molecular weight excluding hydrogens is 596 g/mol. The van der Waals surface area contributed by atoms with E-state index in [2.05, 4.69) is 35.7 Å². The number of esters is 2. The van der Waals surface area contributed by atoms with Gasteiger partial charge in [0.1, 0.15) is 24.7 Å². The van der Waals surface area contributed by atoms with Gasteiger partial charge in [-0.25, -0.2) is 0 Å². The molecule has 1 N–H and O–H groups in total. The molecule has 0 amide bonds. The molecule has 10 nitrogen and oxygen atoms in total. The lowest BCUT2D eigenvalue weighted by Gasteiger charge is -2.08. The summed E-state index contributed by atoms with van der Waals surface area (Å²) >= 11 is 3.32. The number of carbonyl (C=O) groups is 2. The molecular formula is C30H41BrN2O8. The van der Waals surface area contributed by atoms with Crippen LogP contribution in [0.4, 0.5) is 0 Å². The van der Waals surface area contributed by atoms with E-state index in [-0.39, 0.29) is 30.5 Å². The van der Waals surface area contributed by atoms with Crippen molar-refractivity contribution in [2.45, 2.75) is 52.4 Å². The van der Waals surface area contributed by atoms with Gasteiger partial charge in [-0.15, -0.1) is 0 Å². The summed E-state index contributed by atoms with van der Waals surface area (Å²) in [5.41, 5.74) is 3.23. The number of hydrogen-bond donors (Lipinski definition) is 1. The third-order valence-electron chi connectivity index (χ3n) is 5.15. The molecule has 0 aliphatic heterocycles. The second-order valence-electron chi connectivity index (χ2n) is 8.69. The Balaban J connectivity index is 0.000000414. The van der Waals surface area contributed by atoms with Gasteiger partial charge in [-0.05, 0) is 48.2 Å². The van der Waals surface area contributed by atoms with Crippen LogP contribution in [0.25, 0.3) is 0 Å². The van der Waals surface area contributed by atoms with Crippen molar-refractivity contribution < 1.29 is 38.6 Å². The van der Waals surface area contributed by atoms with E-state index in [0.29, 0.717) is 44.1 Å². The molecule has 11 heteroatoms. The zero-order valence-electron chi connectivity index (χ0n) is 24.3. The quantitative estimate of drug-likeness (QED) is 0.0779. The van der Waals surface area contributed by atoms with Crippen molar-refractivity contribution in [1.82, 2.24) is 0 Å². The zero-order chi connectivity index (χ0) is 30.3. The highest BCUT2D eigenvalue weighted by atomic mass is 79.9. The predicted octanol–water partition coefficient (Wildman–Crippen LogP) is 5.63. The largest absolute Gasteiger partial charge is 0.508 e. The maximum Gasteiger partial charge on any atom is 0.311 e. The number of oxime groups is 2. The Labute approximate surface area is 250 Å². The minimum absolute atomic E-state index is 0.0983. The number of aromatic hydroxyl groups is 1. The first-order valence-electron chi connectivity index (χ1n) is 13.4. The maximum atomic E-state index is 11.4. The first-order chi connectivity index (χ1) is 19.8. The van der Waals surface area contributed by atoms with Crippen molar-refractivity contribution in [3.05, 3.63) is 59.7 Å². The van der Waals surface area contributed by atoms with Crippen LogP contribution in [0.15, 0.2) is 58.8 Å². The Bertz CT molecular complexity index is 1070. The van der Waals surface area contributed by atoms with Crippen LogP contribution in [0.1, 0.15) is 50.7 Å². The van der Waals surface area contributed by atoms with Gasteiger partial charge in [-0.1, -0.05) is 64.4 Å². The molecule has 0 unspecified atom stereocenters. The van der Waals surface area contributed by atoms with Crippen molar-refractivity contribution in [3.63, 3.8) is 0 Å². The maximum absolute atomic E-state index is 11.4. The highest BCUT2D eigenvalue weighted by Gasteiger charge is 2.11. The molecule has 2 aromatic carbocycles. The van der Waals surface area contributed by atoms with E-state index in [1.54, 1.807) is 24.3 Å². The molecule has 2 rings (SSSR count). The minimum atomic E-state index is -0.349.